The van der Waals surface area contributed by atoms with Crippen LogP contribution in [0.25, 0.3) is 31.6 Å². The Balaban J connectivity index is 1.52. The quantitative estimate of drug-likeness (QED) is 0.158. The van der Waals surface area contributed by atoms with Gasteiger partial charge in [-0.25, -0.2) is 5.43 Å². The molecule has 0 aliphatic heterocycles. The summed E-state index contributed by atoms with van der Waals surface area (Å²) in [6.45, 7) is 0. The molecule has 1 heterocycles. The SMILES string of the molecule is O=C(N/N=C/c1c2ccccc2cc2ccccc12)c1sc2cc(Cl)cc(Cl)c2c1Cl. The number of carbonyl (C=O) groups is 1. The number of benzene rings is 4. The first-order valence-electron chi connectivity index (χ1n) is 9.34. The number of nitrogens with one attached hydrogen (secondary N) is 1. The third-order valence-electron chi connectivity index (χ3n) is 5.03. The highest BCUT2D eigenvalue weighted by Crippen LogP contribution is 2.41. The van der Waals surface area contributed by atoms with Crippen molar-refractivity contribution in [2.45, 2.75) is 0 Å². The topological polar surface area (TPSA) is 41.5 Å². The zero-order chi connectivity index (χ0) is 21.5. The van der Waals surface area contributed by atoms with E-state index in [4.69, 9.17) is 34.8 Å². The molecular weight excluding hydrogens is 471 g/mol. The number of thiophene rings is 1. The maximum absolute atomic E-state index is 12.8. The number of hydrazone groups is 1. The van der Waals surface area contributed by atoms with Gasteiger partial charge in [-0.15, -0.1) is 11.3 Å². The predicted molar refractivity (Wildman–Crippen MR) is 133 cm³/mol. The number of carbonyl (C=O) groups excluding carboxylic acids is 1. The van der Waals surface area contributed by atoms with Crippen LogP contribution in [0.5, 0.6) is 0 Å². The number of halogens is 3. The van der Waals surface area contributed by atoms with Gasteiger partial charge in [0.15, 0.2) is 0 Å². The van der Waals surface area contributed by atoms with Crippen molar-refractivity contribution in [3.63, 3.8) is 0 Å². The summed E-state index contributed by atoms with van der Waals surface area (Å²) in [4.78, 5) is 13.1. The predicted octanol–water partition coefficient (Wildman–Crippen LogP) is 7.93. The Labute approximate surface area is 196 Å². The van der Waals surface area contributed by atoms with Gasteiger partial charge in [-0.1, -0.05) is 83.3 Å². The monoisotopic (exact) mass is 482 g/mol. The average Bonchev–Trinajstić information content (AvgIpc) is 3.09. The van der Waals surface area contributed by atoms with Crippen LogP contribution in [0.3, 0.4) is 0 Å². The van der Waals surface area contributed by atoms with E-state index in [0.717, 1.165) is 31.8 Å². The number of amides is 1. The Morgan fingerprint density at radius 2 is 1.55 bits per heavy atom. The number of hydrogen-bond donors (Lipinski definition) is 1. The van der Waals surface area contributed by atoms with Crippen molar-refractivity contribution in [3.05, 3.63) is 92.2 Å². The van der Waals surface area contributed by atoms with Crippen molar-refractivity contribution >= 4 is 89.9 Å². The fraction of sp³-hybridized carbons (Fsp3) is 0. The molecule has 0 aliphatic carbocycles. The molecule has 0 fully saturated rings. The van der Waals surface area contributed by atoms with Crippen molar-refractivity contribution in [3.8, 4) is 0 Å². The lowest BCUT2D eigenvalue weighted by Crippen LogP contribution is -2.16. The molecule has 5 rings (SSSR count). The largest absolute Gasteiger partial charge is 0.283 e. The number of hydrogen-bond acceptors (Lipinski definition) is 3. The fourth-order valence-corrected chi connectivity index (χ4v) is 5.92. The normalized spacial score (nSPS) is 11.7. The lowest BCUT2D eigenvalue weighted by molar-refractivity contribution is 0.0959. The molecule has 31 heavy (non-hydrogen) atoms. The van der Waals surface area contributed by atoms with E-state index in [1.165, 1.54) is 11.3 Å². The number of nitrogens with zero attached hydrogens (tertiary/aromatic N) is 1. The third-order valence-corrected chi connectivity index (χ3v) is 7.17. The van der Waals surface area contributed by atoms with Crippen molar-refractivity contribution in [2.75, 3.05) is 0 Å². The van der Waals surface area contributed by atoms with Crippen molar-refractivity contribution in [1.82, 2.24) is 5.43 Å². The second-order valence-electron chi connectivity index (χ2n) is 6.94. The zero-order valence-corrected chi connectivity index (χ0v) is 18.9. The standard InChI is InChI=1S/C24H13Cl3N2OS/c25-15-10-19(26)21-20(11-15)31-23(22(21)27)24(30)29-28-12-18-16-7-3-1-5-13(16)9-14-6-2-4-8-17(14)18/h1-12H,(H,29,30)/b28-12+. The Morgan fingerprint density at radius 1 is 0.903 bits per heavy atom. The first kappa shape index (κ1) is 20.3. The van der Waals surface area contributed by atoms with E-state index in [1.54, 1.807) is 18.3 Å². The first-order chi connectivity index (χ1) is 15.0. The summed E-state index contributed by atoms with van der Waals surface area (Å²) in [5, 5.41) is 10.4. The molecule has 5 aromatic rings. The molecule has 152 valence electrons. The highest BCUT2D eigenvalue weighted by atomic mass is 35.5. The van der Waals surface area contributed by atoms with E-state index in [9.17, 15) is 4.79 Å². The van der Waals surface area contributed by atoms with Gasteiger partial charge in [0.05, 0.1) is 16.3 Å². The van der Waals surface area contributed by atoms with Crippen LogP contribution in [0.1, 0.15) is 15.2 Å². The van der Waals surface area contributed by atoms with Crippen LogP contribution in [0.2, 0.25) is 15.1 Å². The van der Waals surface area contributed by atoms with Gasteiger partial charge in [0.1, 0.15) is 4.88 Å². The summed E-state index contributed by atoms with van der Waals surface area (Å²) >= 11 is 20.0. The van der Waals surface area contributed by atoms with E-state index in [-0.39, 0.29) is 0 Å². The molecular formula is C24H13Cl3N2OS. The highest BCUT2D eigenvalue weighted by Gasteiger charge is 2.19. The van der Waals surface area contributed by atoms with Crippen LogP contribution in [0, 0.1) is 0 Å². The minimum absolute atomic E-state index is 0.296. The van der Waals surface area contributed by atoms with Crippen LogP contribution in [-0.4, -0.2) is 12.1 Å². The summed E-state index contributed by atoms with van der Waals surface area (Å²) in [5.41, 5.74) is 3.53. The van der Waals surface area contributed by atoms with E-state index in [0.29, 0.717) is 25.3 Å². The third kappa shape index (κ3) is 3.66. The van der Waals surface area contributed by atoms with Crippen LogP contribution >= 0.6 is 46.1 Å². The molecule has 0 atom stereocenters. The fourth-order valence-electron chi connectivity index (χ4n) is 3.65. The van der Waals surface area contributed by atoms with Gasteiger partial charge in [-0.2, -0.15) is 5.10 Å². The average molecular weight is 484 g/mol. The van der Waals surface area contributed by atoms with Gasteiger partial charge in [0, 0.05) is 20.7 Å². The van der Waals surface area contributed by atoms with Gasteiger partial charge in [-0.05, 0) is 39.7 Å². The maximum Gasteiger partial charge on any atom is 0.283 e. The number of fused-ring (bicyclic) bond motifs is 3. The molecule has 1 amide bonds. The first-order valence-corrected chi connectivity index (χ1v) is 11.3. The van der Waals surface area contributed by atoms with Crippen LogP contribution in [0.4, 0.5) is 0 Å². The second kappa shape index (κ2) is 8.13. The summed E-state index contributed by atoms with van der Waals surface area (Å²) in [7, 11) is 0. The van der Waals surface area contributed by atoms with Gasteiger partial charge >= 0.3 is 0 Å². The van der Waals surface area contributed by atoms with E-state index in [1.807, 2.05) is 36.4 Å². The maximum atomic E-state index is 12.8. The molecule has 0 unspecified atom stereocenters. The molecule has 3 nitrogen and oxygen atoms in total. The Bertz CT molecular complexity index is 1470. The highest BCUT2D eigenvalue weighted by molar-refractivity contribution is 7.21. The van der Waals surface area contributed by atoms with E-state index < -0.39 is 5.91 Å². The van der Waals surface area contributed by atoms with E-state index in [2.05, 4.69) is 28.7 Å². The summed E-state index contributed by atoms with van der Waals surface area (Å²) in [5.74, 6) is -0.404. The molecule has 0 aliphatic rings. The second-order valence-corrected chi connectivity index (χ2v) is 9.21. The summed E-state index contributed by atoms with van der Waals surface area (Å²) in [6.07, 6.45) is 1.67. The molecule has 7 heteroatoms. The molecule has 0 spiro atoms. The lowest BCUT2D eigenvalue weighted by Gasteiger charge is -2.07. The van der Waals surface area contributed by atoms with Crippen molar-refractivity contribution in [2.24, 2.45) is 5.10 Å². The minimum atomic E-state index is -0.404. The van der Waals surface area contributed by atoms with Crippen LogP contribution in [0.15, 0.2) is 71.8 Å². The number of rotatable bonds is 3. The Hall–Kier alpha value is -2.63. The van der Waals surface area contributed by atoms with Gasteiger partial charge in [0.2, 0.25) is 0 Å². The molecule has 4 aromatic carbocycles. The summed E-state index contributed by atoms with van der Waals surface area (Å²) in [6, 6.07) is 21.7. The van der Waals surface area contributed by atoms with Crippen molar-refractivity contribution < 1.29 is 4.79 Å². The molecule has 0 bridgehead atoms. The molecule has 0 radical (unpaired) electrons. The summed E-state index contributed by atoms with van der Waals surface area (Å²) < 4.78 is 0.747. The molecule has 0 saturated heterocycles. The Kier molecular flexibility index (Phi) is 5.32. The minimum Gasteiger partial charge on any atom is -0.266 e. The van der Waals surface area contributed by atoms with Gasteiger partial charge in [0.25, 0.3) is 5.91 Å². The van der Waals surface area contributed by atoms with Crippen LogP contribution in [-0.2, 0) is 0 Å². The van der Waals surface area contributed by atoms with Gasteiger partial charge in [-0.3, -0.25) is 4.79 Å². The van der Waals surface area contributed by atoms with Crippen LogP contribution < -0.4 is 5.43 Å². The molecule has 1 N–H and O–H groups in total. The zero-order valence-electron chi connectivity index (χ0n) is 15.8. The smallest absolute Gasteiger partial charge is 0.266 e. The molecule has 1 aromatic heterocycles. The lowest BCUT2D eigenvalue weighted by atomic mass is 9.97. The molecule has 0 saturated carbocycles. The van der Waals surface area contributed by atoms with Gasteiger partial charge < -0.3 is 0 Å². The van der Waals surface area contributed by atoms with E-state index >= 15 is 0 Å². The Morgan fingerprint density at radius 3 is 2.23 bits per heavy atom. The van der Waals surface area contributed by atoms with Crippen molar-refractivity contribution in [1.29, 1.82) is 0 Å².